The molecule has 0 aliphatic carbocycles. The minimum absolute atomic E-state index is 0.0144. The van der Waals surface area contributed by atoms with Crippen molar-refractivity contribution in [3.63, 3.8) is 0 Å². The topological polar surface area (TPSA) is 83.8 Å². The molecule has 0 saturated carbocycles. The monoisotopic (exact) mass is 484 g/mol. The molecule has 1 aromatic heterocycles. The van der Waals surface area contributed by atoms with Gasteiger partial charge in [-0.3, -0.25) is 9.59 Å². The summed E-state index contributed by atoms with van der Waals surface area (Å²) in [4.78, 5) is 31.0. The average molecular weight is 485 g/mol. The maximum atomic E-state index is 13.8. The highest BCUT2D eigenvalue weighted by Gasteiger charge is 2.44. The van der Waals surface area contributed by atoms with Crippen LogP contribution in [0.3, 0.4) is 0 Å². The van der Waals surface area contributed by atoms with Gasteiger partial charge >= 0.3 is 0 Å². The van der Waals surface area contributed by atoms with E-state index in [4.69, 9.17) is 4.74 Å². The van der Waals surface area contributed by atoms with E-state index in [0.29, 0.717) is 23.8 Å². The third-order valence-electron chi connectivity index (χ3n) is 6.37. The summed E-state index contributed by atoms with van der Waals surface area (Å²) in [5, 5.41) is 13.8. The molecule has 6 nitrogen and oxygen atoms in total. The molecule has 6 heteroatoms. The molecule has 4 rings (SSSR count). The minimum Gasteiger partial charge on any atom is -0.872 e. The summed E-state index contributed by atoms with van der Waals surface area (Å²) in [6.45, 7) is 8.85. The van der Waals surface area contributed by atoms with Gasteiger partial charge in [0.25, 0.3) is 5.91 Å². The quantitative estimate of drug-likeness (QED) is 0.276. The Kier molecular flexibility index (Phi) is 7.53. The molecule has 2 heterocycles. The summed E-state index contributed by atoms with van der Waals surface area (Å²) >= 11 is 0. The largest absolute Gasteiger partial charge is 0.872 e. The predicted octanol–water partition coefficient (Wildman–Crippen LogP) is 3.83. The lowest BCUT2D eigenvalue weighted by Crippen LogP contribution is -2.29. The van der Waals surface area contributed by atoms with Crippen LogP contribution in [0.15, 0.2) is 72.6 Å². The van der Waals surface area contributed by atoms with E-state index in [1.54, 1.807) is 30.6 Å². The smallest absolute Gasteiger partial charge is 0.295 e. The summed E-state index contributed by atoms with van der Waals surface area (Å²) in [6.07, 6.45) is 4.43. The molecule has 0 spiro atoms. The SMILES string of the molecule is CCc1ccc(C2/C(=C(\[O-])c3ccc(OCC(C)C)c(C)c3)C(=O)C(=O)N2Cc2ccc[nH+]c2)cc1. The number of ketones is 1. The zero-order valence-electron chi connectivity index (χ0n) is 21.2. The van der Waals surface area contributed by atoms with E-state index < -0.39 is 23.5 Å². The van der Waals surface area contributed by atoms with Gasteiger partial charge in [0, 0.05) is 17.2 Å². The number of amides is 1. The highest BCUT2D eigenvalue weighted by molar-refractivity contribution is 6.46. The second-order valence-electron chi connectivity index (χ2n) is 9.60. The Hall–Kier alpha value is -3.93. The third kappa shape index (κ3) is 5.18. The first-order valence-corrected chi connectivity index (χ1v) is 12.3. The highest BCUT2D eigenvalue weighted by atomic mass is 16.5. The Morgan fingerprint density at radius 3 is 2.44 bits per heavy atom. The number of carbonyl (C=O) groups excluding carboxylic acids is 2. The van der Waals surface area contributed by atoms with Gasteiger partial charge in [-0.1, -0.05) is 56.9 Å². The molecule has 1 unspecified atom stereocenters. The second-order valence-corrected chi connectivity index (χ2v) is 9.60. The molecular weight excluding hydrogens is 452 g/mol. The van der Waals surface area contributed by atoms with Gasteiger partial charge in [-0.05, 0) is 59.7 Å². The fraction of sp³-hybridized carbons (Fsp3) is 0.300. The van der Waals surface area contributed by atoms with Crippen LogP contribution in [0, 0.1) is 12.8 Å². The lowest BCUT2D eigenvalue weighted by atomic mass is 9.94. The number of pyridine rings is 1. The lowest BCUT2D eigenvalue weighted by Gasteiger charge is -2.27. The van der Waals surface area contributed by atoms with Crippen LogP contribution in [0.25, 0.3) is 5.76 Å². The summed E-state index contributed by atoms with van der Waals surface area (Å²) in [6, 6.07) is 15.9. The Morgan fingerprint density at radius 1 is 1.08 bits per heavy atom. The molecule has 1 aliphatic rings. The Labute approximate surface area is 212 Å². The van der Waals surface area contributed by atoms with Gasteiger partial charge in [-0.2, -0.15) is 0 Å². The molecule has 186 valence electrons. The van der Waals surface area contributed by atoms with E-state index in [9.17, 15) is 14.7 Å². The summed E-state index contributed by atoms with van der Waals surface area (Å²) in [5.74, 6) is -0.773. The standard InChI is InChI=1S/C30H32N2O4/c1-5-21-8-10-23(11-9-21)27-26(29(34)30(35)32(27)17-22-7-6-14-31-16-22)28(33)24-12-13-25(20(4)15-24)36-18-19(2)3/h6-16,19,27,33H,5,17-18H2,1-4H3/b28-26+. The van der Waals surface area contributed by atoms with Crippen molar-refractivity contribution in [1.82, 2.24) is 4.90 Å². The lowest BCUT2D eigenvalue weighted by molar-refractivity contribution is -0.378. The molecular formula is C30H32N2O4. The number of benzene rings is 2. The number of carbonyl (C=O) groups is 2. The number of ether oxygens (including phenoxy) is 1. The minimum atomic E-state index is -0.763. The average Bonchev–Trinajstić information content (AvgIpc) is 3.13. The van der Waals surface area contributed by atoms with Crippen LogP contribution in [0.4, 0.5) is 0 Å². The number of hydrogen-bond acceptors (Lipinski definition) is 4. The highest BCUT2D eigenvalue weighted by Crippen LogP contribution is 2.40. The van der Waals surface area contributed by atoms with Crippen molar-refractivity contribution in [3.8, 4) is 5.75 Å². The van der Waals surface area contributed by atoms with Crippen molar-refractivity contribution in [2.75, 3.05) is 6.61 Å². The summed E-state index contributed by atoms with van der Waals surface area (Å²) in [5.41, 5.74) is 3.87. The molecule has 0 bridgehead atoms. The third-order valence-corrected chi connectivity index (χ3v) is 6.37. The van der Waals surface area contributed by atoms with Crippen molar-refractivity contribution in [2.45, 2.75) is 46.7 Å². The Balaban J connectivity index is 1.79. The molecule has 1 atom stereocenters. The normalized spacial score (nSPS) is 17.1. The zero-order chi connectivity index (χ0) is 25.8. The maximum absolute atomic E-state index is 13.8. The summed E-state index contributed by atoms with van der Waals surface area (Å²) < 4.78 is 5.84. The molecule has 1 aliphatic heterocycles. The van der Waals surface area contributed by atoms with Crippen molar-refractivity contribution in [2.24, 2.45) is 5.92 Å². The number of Topliss-reactive ketones (excluding diaryl/α,β-unsaturated/α-hetero) is 1. The first kappa shape index (κ1) is 25.2. The molecule has 3 aromatic rings. The number of rotatable bonds is 8. The summed E-state index contributed by atoms with van der Waals surface area (Å²) in [7, 11) is 0. The molecule has 1 saturated heterocycles. The molecule has 36 heavy (non-hydrogen) atoms. The van der Waals surface area contributed by atoms with Crippen molar-refractivity contribution in [1.29, 1.82) is 0 Å². The van der Waals surface area contributed by atoms with Crippen molar-refractivity contribution in [3.05, 3.63) is 100 Å². The van der Waals surface area contributed by atoms with Gasteiger partial charge in [0.2, 0.25) is 5.78 Å². The number of H-pyrrole nitrogens is 1. The van der Waals surface area contributed by atoms with E-state index >= 15 is 0 Å². The number of nitrogens with zero attached hydrogens (tertiary/aromatic N) is 1. The fourth-order valence-corrected chi connectivity index (χ4v) is 4.41. The van der Waals surface area contributed by atoms with Crippen LogP contribution in [0.1, 0.15) is 54.6 Å². The van der Waals surface area contributed by atoms with Crippen molar-refractivity contribution < 1.29 is 24.4 Å². The van der Waals surface area contributed by atoms with Gasteiger partial charge in [0.15, 0.2) is 12.4 Å². The van der Waals surface area contributed by atoms with Crippen LogP contribution in [-0.2, 0) is 22.6 Å². The van der Waals surface area contributed by atoms with Gasteiger partial charge < -0.3 is 14.7 Å². The number of aromatic nitrogens is 1. The van der Waals surface area contributed by atoms with Gasteiger partial charge in [0.05, 0.1) is 19.2 Å². The van der Waals surface area contributed by atoms with Crippen LogP contribution < -0.4 is 14.8 Å². The molecule has 0 radical (unpaired) electrons. The number of aromatic amines is 1. The van der Waals surface area contributed by atoms with E-state index in [-0.39, 0.29) is 12.1 Å². The molecule has 2 aromatic carbocycles. The second kappa shape index (κ2) is 10.8. The molecule has 1 fully saturated rings. The Bertz CT molecular complexity index is 1280. The van der Waals surface area contributed by atoms with Crippen LogP contribution >= 0.6 is 0 Å². The molecule has 1 amide bonds. The number of hydrogen-bond donors (Lipinski definition) is 0. The molecule has 1 N–H and O–H groups in total. The van der Waals surface area contributed by atoms with Crippen LogP contribution in [-0.4, -0.2) is 23.2 Å². The van der Waals surface area contributed by atoms with E-state index in [1.165, 1.54) is 4.90 Å². The Morgan fingerprint density at radius 2 is 1.83 bits per heavy atom. The van der Waals surface area contributed by atoms with Gasteiger partial charge in [-0.15, -0.1) is 0 Å². The van der Waals surface area contributed by atoms with Crippen LogP contribution in [0.2, 0.25) is 0 Å². The van der Waals surface area contributed by atoms with Crippen molar-refractivity contribution >= 4 is 17.4 Å². The fourth-order valence-electron chi connectivity index (χ4n) is 4.41. The van der Waals surface area contributed by atoms with Crippen LogP contribution in [0.5, 0.6) is 5.75 Å². The van der Waals surface area contributed by atoms with Gasteiger partial charge in [-0.25, -0.2) is 4.98 Å². The predicted molar refractivity (Wildman–Crippen MR) is 136 cm³/mol. The maximum Gasteiger partial charge on any atom is 0.295 e. The number of nitrogens with one attached hydrogen (secondary N) is 1. The zero-order valence-corrected chi connectivity index (χ0v) is 21.2. The van der Waals surface area contributed by atoms with E-state index in [1.807, 2.05) is 43.3 Å². The first-order valence-electron chi connectivity index (χ1n) is 12.3. The van der Waals surface area contributed by atoms with E-state index in [2.05, 4.69) is 25.8 Å². The first-order chi connectivity index (χ1) is 17.3. The number of aryl methyl sites for hydroxylation is 2. The number of likely N-dealkylation sites (tertiary alicyclic amines) is 1. The van der Waals surface area contributed by atoms with E-state index in [0.717, 1.165) is 28.7 Å². The van der Waals surface area contributed by atoms with Gasteiger partial charge in [0.1, 0.15) is 5.75 Å².